The Balaban J connectivity index is 1.54. The van der Waals surface area contributed by atoms with Crippen LogP contribution in [-0.2, 0) is 9.47 Å². The van der Waals surface area contributed by atoms with E-state index in [9.17, 15) is 0 Å². The summed E-state index contributed by atoms with van der Waals surface area (Å²) in [6.45, 7) is 2.82. The average Bonchev–Trinajstić information content (AvgIpc) is 2.69. The average molecular weight is 361 g/mol. The number of aromatic nitrogens is 1. The molecule has 0 spiro atoms. The largest absolute Gasteiger partial charge is 0.493 e. The molecule has 138 valence electrons. The molecule has 1 fully saturated rings. The quantitative estimate of drug-likeness (QED) is 0.508. The number of hydrogen-bond acceptors (Lipinski definition) is 4. The number of hydrogen-bond donors (Lipinski definition) is 0. The van der Waals surface area contributed by atoms with Gasteiger partial charge in [0, 0.05) is 17.3 Å². The summed E-state index contributed by atoms with van der Waals surface area (Å²) in [5.41, 5.74) is 3.87. The lowest BCUT2D eigenvalue weighted by Crippen LogP contribution is -2.27. The predicted octanol–water partition coefficient (Wildman–Crippen LogP) is 5.67. The van der Waals surface area contributed by atoms with E-state index in [0.717, 1.165) is 41.0 Å². The summed E-state index contributed by atoms with van der Waals surface area (Å²) in [5, 5.41) is 0. The van der Waals surface area contributed by atoms with E-state index in [-0.39, 0.29) is 6.29 Å². The van der Waals surface area contributed by atoms with Crippen LogP contribution in [0.2, 0.25) is 0 Å². The van der Waals surface area contributed by atoms with E-state index in [2.05, 4.69) is 11.9 Å². The number of benzene rings is 2. The van der Waals surface area contributed by atoms with E-state index in [1.807, 2.05) is 66.7 Å². The molecule has 0 unspecified atom stereocenters. The van der Waals surface area contributed by atoms with Gasteiger partial charge in [0.25, 0.3) is 0 Å². The smallest absolute Gasteiger partial charge is 0.194 e. The van der Waals surface area contributed by atoms with Crippen molar-refractivity contribution >= 4 is 0 Å². The minimum absolute atomic E-state index is 0.324. The molecule has 0 amide bonds. The van der Waals surface area contributed by atoms with Crippen molar-refractivity contribution in [1.29, 1.82) is 0 Å². The topological polar surface area (TPSA) is 40.6 Å². The number of unbranched alkanes of at least 4 members (excludes halogenated alkanes) is 1. The maximum Gasteiger partial charge on any atom is 0.194 e. The van der Waals surface area contributed by atoms with Gasteiger partial charge >= 0.3 is 0 Å². The van der Waals surface area contributed by atoms with Crippen LogP contribution in [0.5, 0.6) is 5.75 Å². The van der Waals surface area contributed by atoms with E-state index >= 15 is 0 Å². The van der Waals surface area contributed by atoms with Crippen molar-refractivity contribution in [3.05, 3.63) is 84.1 Å². The number of pyridine rings is 1. The molecule has 1 aliphatic heterocycles. The summed E-state index contributed by atoms with van der Waals surface area (Å²) in [4.78, 5) is 4.43. The summed E-state index contributed by atoms with van der Waals surface area (Å²) in [5.74, 6) is 0.795. The molecular formula is C23H23NO3. The van der Waals surface area contributed by atoms with Gasteiger partial charge in [-0.2, -0.15) is 0 Å². The van der Waals surface area contributed by atoms with Crippen LogP contribution in [0.4, 0.5) is 0 Å². The molecule has 4 heteroatoms. The molecule has 0 N–H and O–H groups in total. The minimum atomic E-state index is -0.412. The zero-order chi connectivity index (χ0) is 18.5. The summed E-state index contributed by atoms with van der Waals surface area (Å²) < 4.78 is 18.0. The third-order valence-electron chi connectivity index (χ3n) is 4.55. The lowest BCUT2D eigenvalue weighted by molar-refractivity contribution is -0.397. The van der Waals surface area contributed by atoms with Gasteiger partial charge in [-0.15, -0.1) is 0 Å². The Bertz CT molecular complexity index is 861. The zero-order valence-corrected chi connectivity index (χ0v) is 15.4. The second-order valence-electron chi connectivity index (χ2n) is 6.52. The van der Waals surface area contributed by atoms with Crippen molar-refractivity contribution in [2.24, 2.45) is 0 Å². The minimum Gasteiger partial charge on any atom is -0.493 e. The highest BCUT2D eigenvalue weighted by molar-refractivity contribution is 5.62. The van der Waals surface area contributed by atoms with Crippen molar-refractivity contribution < 1.29 is 14.2 Å². The monoisotopic (exact) mass is 361 g/mol. The molecule has 4 rings (SSSR count). The second-order valence-corrected chi connectivity index (χ2v) is 6.52. The molecule has 0 radical (unpaired) electrons. The maximum absolute atomic E-state index is 6.05. The van der Waals surface area contributed by atoms with Crippen LogP contribution in [0.1, 0.15) is 43.5 Å². The Labute approximate surface area is 159 Å². The fourth-order valence-corrected chi connectivity index (χ4v) is 3.02. The standard InChI is InChI=1S/C23H23NO3/c1-2-3-15-25-21-16-18(20-11-7-8-14-24-20)12-13-19(21)23-26-22(27-23)17-9-5-4-6-10-17/h4-14,16,22-23H,2-3,15H2,1H3. The third-order valence-corrected chi connectivity index (χ3v) is 4.55. The number of ether oxygens (including phenoxy) is 3. The normalized spacial score (nSPS) is 18.7. The molecule has 27 heavy (non-hydrogen) atoms. The molecule has 2 aromatic carbocycles. The first-order chi connectivity index (χ1) is 13.3. The van der Waals surface area contributed by atoms with E-state index < -0.39 is 6.29 Å². The first-order valence-corrected chi connectivity index (χ1v) is 9.39. The Morgan fingerprint density at radius 1 is 0.926 bits per heavy atom. The fraction of sp³-hybridized carbons (Fsp3) is 0.261. The predicted molar refractivity (Wildman–Crippen MR) is 104 cm³/mol. The van der Waals surface area contributed by atoms with Crippen LogP contribution in [0.15, 0.2) is 72.9 Å². The molecular weight excluding hydrogens is 338 g/mol. The van der Waals surface area contributed by atoms with Crippen molar-refractivity contribution in [2.75, 3.05) is 6.61 Å². The Kier molecular flexibility index (Phi) is 5.47. The molecule has 0 bridgehead atoms. The van der Waals surface area contributed by atoms with Crippen molar-refractivity contribution in [3.8, 4) is 17.0 Å². The van der Waals surface area contributed by atoms with Crippen molar-refractivity contribution in [1.82, 2.24) is 4.98 Å². The molecule has 2 heterocycles. The summed E-state index contributed by atoms with van der Waals surface area (Å²) in [6.07, 6.45) is 3.15. The maximum atomic E-state index is 6.05. The first kappa shape index (κ1) is 17.7. The van der Waals surface area contributed by atoms with Crippen LogP contribution in [0.25, 0.3) is 11.3 Å². The number of rotatable bonds is 7. The van der Waals surface area contributed by atoms with Crippen LogP contribution >= 0.6 is 0 Å². The highest BCUT2D eigenvalue weighted by atomic mass is 16.9. The lowest BCUT2D eigenvalue weighted by Gasteiger charge is -2.37. The number of nitrogens with zero attached hydrogens (tertiary/aromatic N) is 1. The van der Waals surface area contributed by atoms with E-state index in [1.165, 1.54) is 0 Å². The first-order valence-electron chi connectivity index (χ1n) is 9.39. The SMILES string of the molecule is CCCCOc1cc(-c2ccccn2)ccc1C1OC(c2ccccc2)O1. The van der Waals surface area contributed by atoms with Gasteiger partial charge in [-0.1, -0.05) is 55.8 Å². The second kappa shape index (κ2) is 8.33. The summed E-state index contributed by atoms with van der Waals surface area (Å²) in [6, 6.07) is 21.9. The summed E-state index contributed by atoms with van der Waals surface area (Å²) >= 11 is 0. The Hall–Kier alpha value is -2.69. The molecule has 1 aromatic heterocycles. The summed E-state index contributed by atoms with van der Waals surface area (Å²) in [7, 11) is 0. The van der Waals surface area contributed by atoms with Crippen LogP contribution in [0, 0.1) is 0 Å². The zero-order valence-electron chi connectivity index (χ0n) is 15.4. The molecule has 3 aromatic rings. The molecule has 0 saturated carbocycles. The van der Waals surface area contributed by atoms with Crippen LogP contribution < -0.4 is 4.74 Å². The Morgan fingerprint density at radius 3 is 2.48 bits per heavy atom. The molecule has 0 aliphatic carbocycles. The van der Waals surface area contributed by atoms with E-state index in [0.29, 0.717) is 6.61 Å². The van der Waals surface area contributed by atoms with Gasteiger partial charge < -0.3 is 14.2 Å². The Morgan fingerprint density at radius 2 is 1.74 bits per heavy atom. The molecule has 1 aliphatic rings. The highest BCUT2D eigenvalue weighted by Crippen LogP contribution is 2.44. The molecule has 1 saturated heterocycles. The van der Waals surface area contributed by atoms with Gasteiger partial charge in [-0.3, -0.25) is 4.98 Å². The third kappa shape index (κ3) is 4.02. The van der Waals surface area contributed by atoms with Crippen LogP contribution in [-0.4, -0.2) is 11.6 Å². The van der Waals surface area contributed by atoms with Crippen molar-refractivity contribution in [2.45, 2.75) is 32.3 Å². The molecule has 4 nitrogen and oxygen atoms in total. The van der Waals surface area contributed by atoms with Gasteiger partial charge in [0.05, 0.1) is 17.9 Å². The van der Waals surface area contributed by atoms with Gasteiger partial charge in [0.15, 0.2) is 12.6 Å². The fourth-order valence-electron chi connectivity index (χ4n) is 3.02. The van der Waals surface area contributed by atoms with Gasteiger partial charge in [-0.25, -0.2) is 0 Å². The lowest BCUT2D eigenvalue weighted by atomic mass is 10.1. The molecule has 0 atom stereocenters. The van der Waals surface area contributed by atoms with Crippen LogP contribution in [0.3, 0.4) is 0 Å². The van der Waals surface area contributed by atoms with Gasteiger partial charge in [0.2, 0.25) is 0 Å². The van der Waals surface area contributed by atoms with Gasteiger partial charge in [-0.05, 0) is 30.7 Å². The van der Waals surface area contributed by atoms with E-state index in [4.69, 9.17) is 14.2 Å². The van der Waals surface area contributed by atoms with Gasteiger partial charge in [0.1, 0.15) is 5.75 Å². The highest BCUT2D eigenvalue weighted by Gasteiger charge is 2.35. The van der Waals surface area contributed by atoms with Crippen molar-refractivity contribution in [3.63, 3.8) is 0 Å². The van der Waals surface area contributed by atoms with E-state index in [1.54, 1.807) is 6.20 Å².